The Morgan fingerprint density at radius 3 is 2.89 bits per heavy atom. The van der Waals surface area contributed by atoms with E-state index >= 15 is 0 Å². The minimum absolute atomic E-state index is 0.0586. The van der Waals surface area contributed by atoms with Crippen LogP contribution in [0.3, 0.4) is 0 Å². The van der Waals surface area contributed by atoms with E-state index in [0.29, 0.717) is 46.4 Å². The molecule has 3 aromatic heterocycles. The van der Waals surface area contributed by atoms with Crippen molar-refractivity contribution in [2.45, 2.75) is 13.2 Å². The summed E-state index contributed by atoms with van der Waals surface area (Å²) in [6, 6.07) is 11.5. The molecule has 8 nitrogen and oxygen atoms in total. The van der Waals surface area contributed by atoms with Gasteiger partial charge in [0, 0.05) is 24.3 Å². The zero-order chi connectivity index (χ0) is 24.9. The molecular weight excluding hydrogens is 505 g/mol. The van der Waals surface area contributed by atoms with E-state index in [-0.39, 0.29) is 19.0 Å². The molecule has 0 saturated heterocycles. The van der Waals surface area contributed by atoms with Crippen LogP contribution in [0.2, 0.25) is 5.02 Å². The van der Waals surface area contributed by atoms with E-state index in [1.54, 1.807) is 36.8 Å². The fourth-order valence-corrected chi connectivity index (χ4v) is 4.71. The molecule has 0 unspecified atom stereocenters. The highest BCUT2D eigenvalue weighted by molar-refractivity contribution is 7.21. The van der Waals surface area contributed by atoms with Gasteiger partial charge in [0.25, 0.3) is 0 Å². The third-order valence-corrected chi connectivity index (χ3v) is 6.54. The van der Waals surface area contributed by atoms with Gasteiger partial charge < -0.3 is 24.9 Å². The predicted molar refractivity (Wildman–Crippen MR) is 137 cm³/mol. The van der Waals surface area contributed by atoms with Crippen LogP contribution in [0.15, 0.2) is 65.7 Å². The predicted octanol–water partition coefficient (Wildman–Crippen LogP) is 5.54. The highest BCUT2D eigenvalue weighted by Crippen LogP contribution is 2.35. The Labute approximate surface area is 214 Å². The van der Waals surface area contributed by atoms with Crippen molar-refractivity contribution in [2.75, 3.05) is 18.5 Å². The smallest absolute Gasteiger partial charge is 0.161 e. The number of thiazole rings is 1. The van der Waals surface area contributed by atoms with Crippen molar-refractivity contribution in [3.8, 4) is 16.3 Å². The van der Waals surface area contributed by atoms with E-state index in [2.05, 4.69) is 20.6 Å². The van der Waals surface area contributed by atoms with Gasteiger partial charge in [-0.3, -0.25) is 0 Å². The number of aliphatic hydroxyl groups is 1. The second kappa shape index (κ2) is 11.0. The average molecular weight is 526 g/mol. The molecule has 0 saturated carbocycles. The van der Waals surface area contributed by atoms with Crippen LogP contribution in [-0.2, 0) is 13.2 Å². The SMILES string of the molecule is OCCNCc1cocc1-c1nc2c(Nc3ccc(OCc4cccc(F)c4)c(Cl)c3)ncnc2s1. The summed E-state index contributed by atoms with van der Waals surface area (Å²) in [7, 11) is 0. The van der Waals surface area contributed by atoms with Crippen molar-refractivity contribution in [1.29, 1.82) is 0 Å². The monoisotopic (exact) mass is 525 g/mol. The van der Waals surface area contributed by atoms with Gasteiger partial charge in [0.05, 0.1) is 23.5 Å². The van der Waals surface area contributed by atoms with Gasteiger partial charge in [-0.25, -0.2) is 19.3 Å². The molecule has 11 heteroatoms. The Hall–Kier alpha value is -3.57. The van der Waals surface area contributed by atoms with E-state index in [1.807, 2.05) is 6.07 Å². The first kappa shape index (κ1) is 24.1. The standard InChI is InChI=1S/C25H21ClFN5O3S/c26-20-9-18(4-5-21(20)35-11-15-2-1-3-17(27)8-15)31-23-22-25(30-14-29-23)36-24(32-22)19-13-34-12-16(19)10-28-6-7-33/h1-5,8-9,12-14,28,33H,6-7,10-11H2,(H,29,30,31). The molecule has 3 heterocycles. The van der Waals surface area contributed by atoms with Crippen LogP contribution in [0.1, 0.15) is 11.1 Å². The molecule has 0 radical (unpaired) electrons. The van der Waals surface area contributed by atoms with Crippen LogP contribution in [-0.4, -0.2) is 33.2 Å². The molecular formula is C25H21ClFN5O3S. The fourth-order valence-electron chi connectivity index (χ4n) is 3.53. The summed E-state index contributed by atoms with van der Waals surface area (Å²) in [5.41, 5.74) is 3.82. The summed E-state index contributed by atoms with van der Waals surface area (Å²) < 4.78 is 24.5. The molecule has 0 aliphatic rings. The van der Waals surface area contributed by atoms with Gasteiger partial charge in [-0.15, -0.1) is 0 Å². The molecule has 0 aliphatic carbocycles. The number of aromatic nitrogens is 3. The van der Waals surface area contributed by atoms with Gasteiger partial charge in [0.15, 0.2) is 5.82 Å². The number of benzene rings is 2. The molecule has 3 N–H and O–H groups in total. The summed E-state index contributed by atoms with van der Waals surface area (Å²) in [5.74, 6) is 0.707. The topological polar surface area (TPSA) is 105 Å². The van der Waals surface area contributed by atoms with E-state index in [4.69, 9.17) is 30.8 Å². The maximum atomic E-state index is 13.4. The van der Waals surface area contributed by atoms with E-state index in [9.17, 15) is 4.39 Å². The first-order valence-corrected chi connectivity index (χ1v) is 12.2. The van der Waals surface area contributed by atoms with Crippen molar-refractivity contribution in [1.82, 2.24) is 20.3 Å². The molecule has 5 aromatic rings. The molecule has 0 amide bonds. The molecule has 0 fully saturated rings. The van der Waals surface area contributed by atoms with Crippen molar-refractivity contribution in [3.63, 3.8) is 0 Å². The lowest BCUT2D eigenvalue weighted by Crippen LogP contribution is -2.17. The number of nitrogens with one attached hydrogen (secondary N) is 2. The summed E-state index contributed by atoms with van der Waals surface area (Å²) in [6.45, 7) is 1.29. The van der Waals surface area contributed by atoms with E-state index in [1.165, 1.54) is 29.8 Å². The van der Waals surface area contributed by atoms with Gasteiger partial charge >= 0.3 is 0 Å². The lowest BCUT2D eigenvalue weighted by atomic mass is 10.2. The van der Waals surface area contributed by atoms with Crippen molar-refractivity contribution >= 4 is 44.8 Å². The zero-order valence-corrected chi connectivity index (χ0v) is 20.4. The Bertz CT molecular complexity index is 1490. The number of anilines is 2. The summed E-state index contributed by atoms with van der Waals surface area (Å²) in [6.07, 6.45) is 4.79. The van der Waals surface area contributed by atoms with Crippen LogP contribution in [0.25, 0.3) is 20.9 Å². The normalized spacial score (nSPS) is 11.2. The molecule has 5 rings (SSSR count). The number of aliphatic hydroxyl groups excluding tert-OH is 1. The van der Waals surface area contributed by atoms with E-state index in [0.717, 1.165) is 21.0 Å². The molecule has 0 bridgehead atoms. The number of halogens is 2. The third-order valence-electron chi connectivity index (χ3n) is 5.25. The average Bonchev–Trinajstić information content (AvgIpc) is 3.51. The zero-order valence-electron chi connectivity index (χ0n) is 18.9. The number of hydrogen-bond donors (Lipinski definition) is 3. The molecule has 2 aromatic carbocycles. The van der Waals surface area contributed by atoms with Gasteiger partial charge in [-0.2, -0.15) is 0 Å². The number of furan rings is 1. The Kier molecular flexibility index (Phi) is 7.38. The fraction of sp³-hybridized carbons (Fsp3) is 0.160. The highest BCUT2D eigenvalue weighted by atomic mass is 35.5. The Morgan fingerprint density at radius 1 is 1.14 bits per heavy atom. The molecule has 36 heavy (non-hydrogen) atoms. The minimum Gasteiger partial charge on any atom is -0.487 e. The Morgan fingerprint density at radius 2 is 2.06 bits per heavy atom. The van der Waals surface area contributed by atoms with Crippen LogP contribution >= 0.6 is 22.9 Å². The molecule has 0 aliphatic heterocycles. The maximum Gasteiger partial charge on any atom is 0.161 e. The lowest BCUT2D eigenvalue weighted by Gasteiger charge is -2.11. The summed E-state index contributed by atoms with van der Waals surface area (Å²) >= 11 is 7.87. The summed E-state index contributed by atoms with van der Waals surface area (Å²) in [5, 5.41) is 16.5. The van der Waals surface area contributed by atoms with Crippen LogP contribution in [0.5, 0.6) is 5.75 Å². The van der Waals surface area contributed by atoms with Gasteiger partial charge in [-0.1, -0.05) is 35.1 Å². The maximum absolute atomic E-state index is 13.4. The largest absolute Gasteiger partial charge is 0.487 e. The first-order valence-electron chi connectivity index (χ1n) is 11.0. The minimum atomic E-state index is -0.314. The van der Waals surface area contributed by atoms with Crippen LogP contribution in [0.4, 0.5) is 15.9 Å². The number of rotatable bonds is 10. The molecule has 0 spiro atoms. The second-order valence-electron chi connectivity index (χ2n) is 7.79. The number of ether oxygens (including phenoxy) is 1. The van der Waals surface area contributed by atoms with Crippen LogP contribution < -0.4 is 15.4 Å². The third kappa shape index (κ3) is 5.47. The van der Waals surface area contributed by atoms with Gasteiger partial charge in [0.2, 0.25) is 0 Å². The highest BCUT2D eigenvalue weighted by Gasteiger charge is 2.16. The van der Waals surface area contributed by atoms with Crippen molar-refractivity contribution in [3.05, 3.63) is 83.3 Å². The van der Waals surface area contributed by atoms with Crippen LogP contribution in [0, 0.1) is 5.82 Å². The quantitative estimate of drug-likeness (QED) is 0.204. The number of hydrogen-bond acceptors (Lipinski definition) is 9. The Balaban J connectivity index is 1.33. The van der Waals surface area contributed by atoms with Crippen molar-refractivity contribution < 1.29 is 18.7 Å². The second-order valence-corrected chi connectivity index (χ2v) is 9.18. The number of fused-ring (bicyclic) bond motifs is 1. The van der Waals surface area contributed by atoms with Gasteiger partial charge in [-0.05, 0) is 35.9 Å². The first-order chi connectivity index (χ1) is 17.6. The van der Waals surface area contributed by atoms with E-state index < -0.39 is 0 Å². The van der Waals surface area contributed by atoms with Crippen molar-refractivity contribution in [2.24, 2.45) is 0 Å². The summed E-state index contributed by atoms with van der Waals surface area (Å²) in [4.78, 5) is 14.2. The molecule has 0 atom stereocenters. The van der Waals surface area contributed by atoms with Gasteiger partial charge in [0.1, 0.15) is 46.1 Å². The lowest BCUT2D eigenvalue weighted by molar-refractivity contribution is 0.292. The molecule has 184 valence electrons. The number of nitrogens with zero attached hydrogens (tertiary/aromatic N) is 3.